The van der Waals surface area contributed by atoms with Gasteiger partial charge in [-0.3, -0.25) is 10.1 Å². The Balaban J connectivity index is 2.11. The SMILES string of the molecule is C[C@H](Sc1nnc(-c2ccco2)n1C)C(=O)NC(N)=O. The molecule has 0 radical (unpaired) electrons. The number of amides is 3. The van der Waals surface area contributed by atoms with E-state index in [9.17, 15) is 9.59 Å². The summed E-state index contributed by atoms with van der Waals surface area (Å²) in [4.78, 5) is 22.2. The van der Waals surface area contributed by atoms with Crippen molar-refractivity contribution in [3.63, 3.8) is 0 Å². The number of thioether (sulfide) groups is 1. The van der Waals surface area contributed by atoms with Crippen LogP contribution in [0.2, 0.25) is 0 Å². The highest BCUT2D eigenvalue weighted by molar-refractivity contribution is 8.00. The number of hydrogen-bond donors (Lipinski definition) is 2. The van der Waals surface area contributed by atoms with E-state index in [1.807, 2.05) is 5.32 Å². The van der Waals surface area contributed by atoms with Gasteiger partial charge in [-0.25, -0.2) is 4.79 Å². The Morgan fingerprint density at radius 1 is 1.50 bits per heavy atom. The van der Waals surface area contributed by atoms with Gasteiger partial charge in [0.15, 0.2) is 16.7 Å². The van der Waals surface area contributed by atoms with Crippen molar-refractivity contribution < 1.29 is 14.0 Å². The van der Waals surface area contributed by atoms with Crippen molar-refractivity contribution in [3.05, 3.63) is 18.4 Å². The summed E-state index contributed by atoms with van der Waals surface area (Å²) in [6, 6.07) is 2.64. The molecule has 9 heteroatoms. The molecule has 2 heterocycles. The Morgan fingerprint density at radius 2 is 2.25 bits per heavy atom. The Bertz CT molecular complexity index is 622. The average molecular weight is 295 g/mol. The normalized spacial score (nSPS) is 12.1. The molecule has 106 valence electrons. The second-order valence-corrected chi connectivity index (χ2v) is 5.26. The van der Waals surface area contributed by atoms with Gasteiger partial charge >= 0.3 is 6.03 Å². The van der Waals surface area contributed by atoms with Gasteiger partial charge in [0, 0.05) is 7.05 Å². The molecule has 0 saturated carbocycles. The molecule has 0 saturated heterocycles. The minimum absolute atomic E-state index is 0.481. The zero-order chi connectivity index (χ0) is 14.7. The number of aromatic nitrogens is 3. The van der Waals surface area contributed by atoms with E-state index in [-0.39, 0.29) is 0 Å². The van der Waals surface area contributed by atoms with Crippen LogP contribution in [-0.2, 0) is 11.8 Å². The van der Waals surface area contributed by atoms with Gasteiger partial charge in [-0.15, -0.1) is 10.2 Å². The van der Waals surface area contributed by atoms with Gasteiger partial charge < -0.3 is 14.7 Å². The molecule has 1 atom stereocenters. The summed E-state index contributed by atoms with van der Waals surface area (Å²) in [5, 5.41) is 10.0. The third-order valence-electron chi connectivity index (χ3n) is 2.47. The molecule has 3 amide bonds. The lowest BCUT2D eigenvalue weighted by molar-refractivity contribution is -0.119. The van der Waals surface area contributed by atoms with Crippen molar-refractivity contribution in [1.29, 1.82) is 0 Å². The molecule has 2 aromatic heterocycles. The summed E-state index contributed by atoms with van der Waals surface area (Å²) >= 11 is 1.17. The number of hydrogen-bond acceptors (Lipinski definition) is 6. The predicted octanol–water partition coefficient (Wildman–Crippen LogP) is 0.751. The molecular formula is C11H13N5O3S. The van der Waals surface area contributed by atoms with E-state index in [1.54, 1.807) is 36.9 Å². The minimum Gasteiger partial charge on any atom is -0.461 e. The lowest BCUT2D eigenvalue weighted by Gasteiger charge is -2.09. The van der Waals surface area contributed by atoms with Crippen molar-refractivity contribution in [2.24, 2.45) is 12.8 Å². The number of nitrogens with zero attached hydrogens (tertiary/aromatic N) is 3. The second-order valence-electron chi connectivity index (χ2n) is 3.96. The van der Waals surface area contributed by atoms with Crippen LogP contribution in [-0.4, -0.2) is 32.0 Å². The maximum atomic E-state index is 11.6. The highest BCUT2D eigenvalue weighted by atomic mass is 32.2. The topological polar surface area (TPSA) is 116 Å². The van der Waals surface area contributed by atoms with E-state index in [0.717, 1.165) is 0 Å². The van der Waals surface area contributed by atoms with Crippen LogP contribution < -0.4 is 11.1 Å². The molecule has 0 spiro atoms. The first-order valence-corrected chi connectivity index (χ1v) is 6.57. The quantitative estimate of drug-likeness (QED) is 0.804. The maximum absolute atomic E-state index is 11.6. The molecule has 2 rings (SSSR count). The summed E-state index contributed by atoms with van der Waals surface area (Å²) in [5.41, 5.74) is 4.90. The number of nitrogens with two attached hydrogens (primary N) is 1. The fourth-order valence-electron chi connectivity index (χ4n) is 1.47. The van der Waals surface area contributed by atoms with Gasteiger partial charge in [-0.2, -0.15) is 0 Å². The molecular weight excluding hydrogens is 282 g/mol. The van der Waals surface area contributed by atoms with Crippen molar-refractivity contribution in [3.8, 4) is 11.6 Å². The van der Waals surface area contributed by atoms with Gasteiger partial charge in [0.1, 0.15) is 0 Å². The molecule has 0 bridgehead atoms. The number of carbonyl (C=O) groups is 2. The van der Waals surface area contributed by atoms with Crippen LogP contribution in [0.15, 0.2) is 28.0 Å². The molecule has 0 aliphatic heterocycles. The largest absolute Gasteiger partial charge is 0.461 e. The number of nitrogens with one attached hydrogen (secondary N) is 1. The van der Waals surface area contributed by atoms with Gasteiger partial charge in [-0.1, -0.05) is 11.8 Å². The van der Waals surface area contributed by atoms with E-state index < -0.39 is 17.2 Å². The molecule has 0 fully saturated rings. The number of imide groups is 1. The molecule has 0 unspecified atom stereocenters. The number of urea groups is 1. The maximum Gasteiger partial charge on any atom is 0.318 e. The minimum atomic E-state index is -0.878. The van der Waals surface area contributed by atoms with Crippen LogP contribution >= 0.6 is 11.8 Å². The second kappa shape index (κ2) is 5.78. The standard InChI is InChI=1S/C11H13N5O3S/c1-6(9(17)13-10(12)18)20-11-15-14-8(16(11)2)7-4-3-5-19-7/h3-6H,1-2H3,(H3,12,13,17,18)/t6-/m0/s1. The molecule has 2 aromatic rings. The molecule has 3 N–H and O–H groups in total. The summed E-state index contributed by atoms with van der Waals surface area (Å²) < 4.78 is 6.95. The summed E-state index contributed by atoms with van der Waals surface area (Å²) in [6.07, 6.45) is 1.54. The first kappa shape index (κ1) is 14.1. The van der Waals surface area contributed by atoms with E-state index >= 15 is 0 Å². The van der Waals surface area contributed by atoms with Crippen LogP contribution in [0.25, 0.3) is 11.6 Å². The van der Waals surface area contributed by atoms with Crippen LogP contribution in [0, 0.1) is 0 Å². The summed E-state index contributed by atoms with van der Waals surface area (Å²) in [6.45, 7) is 1.64. The number of rotatable bonds is 4. The van der Waals surface area contributed by atoms with E-state index in [2.05, 4.69) is 10.2 Å². The molecule has 20 heavy (non-hydrogen) atoms. The zero-order valence-electron chi connectivity index (χ0n) is 10.9. The number of carbonyl (C=O) groups excluding carboxylic acids is 2. The van der Waals surface area contributed by atoms with Gasteiger partial charge in [0.05, 0.1) is 11.5 Å². The Hall–Kier alpha value is -2.29. The smallest absolute Gasteiger partial charge is 0.318 e. The van der Waals surface area contributed by atoms with Crippen molar-refractivity contribution >= 4 is 23.7 Å². The molecule has 8 nitrogen and oxygen atoms in total. The molecule has 0 aliphatic carbocycles. The zero-order valence-corrected chi connectivity index (χ0v) is 11.7. The van der Waals surface area contributed by atoms with Gasteiger partial charge in [-0.05, 0) is 19.1 Å². The van der Waals surface area contributed by atoms with Crippen LogP contribution in [0.4, 0.5) is 4.79 Å². The third-order valence-corrected chi connectivity index (χ3v) is 3.61. The number of primary amides is 1. The first-order valence-electron chi connectivity index (χ1n) is 5.69. The third kappa shape index (κ3) is 2.99. The lowest BCUT2D eigenvalue weighted by Crippen LogP contribution is -2.39. The highest BCUT2D eigenvalue weighted by Gasteiger charge is 2.20. The Labute approximate surface area is 118 Å². The lowest BCUT2D eigenvalue weighted by atomic mass is 10.4. The first-order chi connectivity index (χ1) is 9.49. The van der Waals surface area contributed by atoms with E-state index in [0.29, 0.717) is 16.7 Å². The average Bonchev–Trinajstić information content (AvgIpc) is 2.99. The van der Waals surface area contributed by atoms with Crippen molar-refractivity contribution in [2.75, 3.05) is 0 Å². The summed E-state index contributed by atoms with van der Waals surface area (Å²) in [5.74, 6) is 0.658. The predicted molar refractivity (Wildman–Crippen MR) is 71.8 cm³/mol. The monoisotopic (exact) mass is 295 g/mol. The van der Waals surface area contributed by atoms with Crippen LogP contribution in [0.3, 0.4) is 0 Å². The summed E-state index contributed by atoms with van der Waals surface area (Å²) in [7, 11) is 1.76. The number of furan rings is 1. The van der Waals surface area contributed by atoms with Crippen LogP contribution in [0.5, 0.6) is 0 Å². The fraction of sp³-hybridized carbons (Fsp3) is 0.273. The Morgan fingerprint density at radius 3 is 2.85 bits per heavy atom. The van der Waals surface area contributed by atoms with Crippen molar-refractivity contribution in [2.45, 2.75) is 17.3 Å². The highest BCUT2D eigenvalue weighted by Crippen LogP contribution is 2.25. The Kier molecular flexibility index (Phi) is 4.08. The molecule has 0 aromatic carbocycles. The molecule has 0 aliphatic rings. The fourth-order valence-corrected chi connectivity index (χ4v) is 2.29. The van der Waals surface area contributed by atoms with Gasteiger partial charge in [0.2, 0.25) is 5.91 Å². The van der Waals surface area contributed by atoms with Gasteiger partial charge in [0.25, 0.3) is 0 Å². The van der Waals surface area contributed by atoms with E-state index in [1.165, 1.54) is 11.8 Å². The van der Waals surface area contributed by atoms with Crippen molar-refractivity contribution in [1.82, 2.24) is 20.1 Å². The van der Waals surface area contributed by atoms with Crippen LogP contribution in [0.1, 0.15) is 6.92 Å². The van der Waals surface area contributed by atoms with E-state index in [4.69, 9.17) is 10.2 Å².